The number of nitrogens with zero attached hydrogens (tertiary/aromatic N) is 1. The summed E-state index contributed by atoms with van der Waals surface area (Å²) >= 11 is 0. The maximum absolute atomic E-state index is 11.1. The summed E-state index contributed by atoms with van der Waals surface area (Å²) in [6.45, 7) is 6.31. The van der Waals surface area contributed by atoms with Crippen molar-refractivity contribution in [2.24, 2.45) is 5.92 Å². The molecule has 88 valence electrons. The number of rotatable bonds is 5. The van der Waals surface area contributed by atoms with Gasteiger partial charge < -0.3 is 5.11 Å². The number of carboxylic acid groups (broad SMARTS) is 1. The Labute approximate surface area is 92.5 Å². The van der Waals surface area contributed by atoms with Crippen LogP contribution in [0, 0.1) is 5.92 Å². The summed E-state index contributed by atoms with van der Waals surface area (Å²) in [7, 11) is 0. The van der Waals surface area contributed by atoms with Crippen LogP contribution in [0.1, 0.15) is 46.0 Å². The van der Waals surface area contributed by atoms with Crippen LogP contribution in [-0.4, -0.2) is 35.1 Å². The summed E-state index contributed by atoms with van der Waals surface area (Å²) < 4.78 is 0. The summed E-state index contributed by atoms with van der Waals surface area (Å²) in [5.41, 5.74) is 0. The highest BCUT2D eigenvalue weighted by molar-refractivity contribution is 5.73. The summed E-state index contributed by atoms with van der Waals surface area (Å²) in [6, 6.07) is -0.224. The van der Waals surface area contributed by atoms with Crippen LogP contribution in [0.5, 0.6) is 0 Å². The summed E-state index contributed by atoms with van der Waals surface area (Å²) in [5, 5.41) is 9.11. The zero-order valence-corrected chi connectivity index (χ0v) is 9.91. The Kier molecular flexibility index (Phi) is 5.09. The first-order chi connectivity index (χ1) is 7.15. The van der Waals surface area contributed by atoms with Crippen molar-refractivity contribution in [3.63, 3.8) is 0 Å². The van der Waals surface area contributed by atoms with E-state index in [1.54, 1.807) is 0 Å². The first kappa shape index (κ1) is 12.5. The van der Waals surface area contributed by atoms with Gasteiger partial charge in [-0.2, -0.15) is 0 Å². The lowest BCUT2D eigenvalue weighted by Gasteiger charge is -2.34. The Morgan fingerprint density at radius 3 is 2.87 bits per heavy atom. The van der Waals surface area contributed by atoms with Crippen molar-refractivity contribution in [1.82, 2.24) is 4.90 Å². The SMILES string of the molecule is CCCC(C)CN1CCCCC1C(=O)O. The van der Waals surface area contributed by atoms with E-state index in [9.17, 15) is 4.79 Å². The summed E-state index contributed by atoms with van der Waals surface area (Å²) in [6.07, 6.45) is 5.43. The first-order valence-electron chi connectivity index (χ1n) is 6.12. The highest BCUT2D eigenvalue weighted by Gasteiger charge is 2.28. The number of carbonyl (C=O) groups is 1. The summed E-state index contributed by atoms with van der Waals surface area (Å²) in [4.78, 5) is 13.2. The third-order valence-corrected chi connectivity index (χ3v) is 3.23. The standard InChI is InChI=1S/C12H23NO2/c1-3-6-10(2)9-13-8-5-4-7-11(13)12(14)15/h10-11H,3-9H2,1-2H3,(H,14,15). The molecule has 0 bridgehead atoms. The van der Waals surface area contributed by atoms with E-state index in [1.807, 2.05) is 0 Å². The Balaban J connectivity index is 2.45. The van der Waals surface area contributed by atoms with Gasteiger partial charge >= 0.3 is 5.97 Å². The lowest BCUT2D eigenvalue weighted by Crippen LogP contribution is -2.46. The molecule has 1 rings (SSSR count). The van der Waals surface area contributed by atoms with Gasteiger partial charge in [-0.05, 0) is 31.7 Å². The molecular formula is C12H23NO2. The van der Waals surface area contributed by atoms with E-state index in [0.29, 0.717) is 5.92 Å². The van der Waals surface area contributed by atoms with E-state index < -0.39 is 5.97 Å². The first-order valence-corrected chi connectivity index (χ1v) is 6.12. The van der Waals surface area contributed by atoms with Crippen LogP contribution in [-0.2, 0) is 4.79 Å². The van der Waals surface area contributed by atoms with Gasteiger partial charge in [-0.1, -0.05) is 26.7 Å². The zero-order chi connectivity index (χ0) is 11.3. The molecule has 15 heavy (non-hydrogen) atoms. The van der Waals surface area contributed by atoms with E-state index in [1.165, 1.54) is 12.8 Å². The van der Waals surface area contributed by atoms with Crippen LogP contribution in [0.25, 0.3) is 0 Å². The fourth-order valence-electron chi connectivity index (χ4n) is 2.47. The largest absolute Gasteiger partial charge is 0.480 e. The quantitative estimate of drug-likeness (QED) is 0.762. The minimum Gasteiger partial charge on any atom is -0.480 e. The molecule has 1 fully saturated rings. The highest BCUT2D eigenvalue weighted by Crippen LogP contribution is 2.19. The number of hydrogen-bond donors (Lipinski definition) is 1. The maximum atomic E-state index is 11.1. The second-order valence-electron chi connectivity index (χ2n) is 4.74. The third-order valence-electron chi connectivity index (χ3n) is 3.23. The van der Waals surface area contributed by atoms with Gasteiger partial charge in [0, 0.05) is 6.54 Å². The molecule has 0 saturated carbocycles. The predicted molar refractivity (Wildman–Crippen MR) is 60.9 cm³/mol. The van der Waals surface area contributed by atoms with Crippen LogP contribution in [0.3, 0.4) is 0 Å². The lowest BCUT2D eigenvalue weighted by atomic mass is 9.98. The van der Waals surface area contributed by atoms with E-state index in [-0.39, 0.29) is 6.04 Å². The third kappa shape index (κ3) is 3.82. The monoisotopic (exact) mass is 213 g/mol. The maximum Gasteiger partial charge on any atom is 0.320 e. The molecule has 1 heterocycles. The van der Waals surface area contributed by atoms with Gasteiger partial charge in [-0.15, -0.1) is 0 Å². The average molecular weight is 213 g/mol. The molecule has 0 radical (unpaired) electrons. The minimum atomic E-state index is -0.640. The second kappa shape index (κ2) is 6.11. The van der Waals surface area contributed by atoms with Crippen LogP contribution in [0.15, 0.2) is 0 Å². The molecule has 1 N–H and O–H groups in total. The molecule has 0 aliphatic carbocycles. The molecular weight excluding hydrogens is 190 g/mol. The molecule has 0 aromatic carbocycles. The molecule has 0 aromatic rings. The molecule has 0 aromatic heterocycles. The average Bonchev–Trinajstić information content (AvgIpc) is 2.18. The predicted octanol–water partition coefficient (Wildman–Crippen LogP) is 2.36. The van der Waals surface area contributed by atoms with E-state index in [4.69, 9.17) is 5.11 Å². The Bertz CT molecular complexity index is 206. The Hall–Kier alpha value is -0.570. The van der Waals surface area contributed by atoms with Crippen LogP contribution >= 0.6 is 0 Å². The van der Waals surface area contributed by atoms with E-state index in [0.717, 1.165) is 32.4 Å². The van der Waals surface area contributed by atoms with Crippen molar-refractivity contribution in [2.75, 3.05) is 13.1 Å². The number of aliphatic carboxylic acids is 1. The normalized spacial score (nSPS) is 25.1. The second-order valence-corrected chi connectivity index (χ2v) is 4.74. The molecule has 0 amide bonds. The van der Waals surface area contributed by atoms with Gasteiger partial charge in [0.05, 0.1) is 0 Å². The van der Waals surface area contributed by atoms with Gasteiger partial charge in [0.15, 0.2) is 0 Å². The Morgan fingerprint density at radius 1 is 1.53 bits per heavy atom. The molecule has 3 heteroatoms. The molecule has 0 spiro atoms. The Morgan fingerprint density at radius 2 is 2.27 bits per heavy atom. The molecule has 1 aliphatic rings. The van der Waals surface area contributed by atoms with E-state index >= 15 is 0 Å². The van der Waals surface area contributed by atoms with Crippen LogP contribution in [0.4, 0.5) is 0 Å². The fraction of sp³-hybridized carbons (Fsp3) is 0.917. The molecule has 3 nitrogen and oxygen atoms in total. The number of piperidine rings is 1. The molecule has 2 unspecified atom stereocenters. The minimum absolute atomic E-state index is 0.224. The van der Waals surface area contributed by atoms with Gasteiger partial charge in [0.1, 0.15) is 6.04 Å². The highest BCUT2D eigenvalue weighted by atomic mass is 16.4. The van der Waals surface area contributed by atoms with Crippen molar-refractivity contribution in [2.45, 2.75) is 52.0 Å². The van der Waals surface area contributed by atoms with Crippen LogP contribution in [0.2, 0.25) is 0 Å². The van der Waals surface area contributed by atoms with Crippen molar-refractivity contribution in [3.8, 4) is 0 Å². The van der Waals surface area contributed by atoms with Crippen molar-refractivity contribution >= 4 is 5.97 Å². The zero-order valence-electron chi connectivity index (χ0n) is 9.91. The van der Waals surface area contributed by atoms with Gasteiger partial charge in [0.2, 0.25) is 0 Å². The van der Waals surface area contributed by atoms with Gasteiger partial charge in [-0.3, -0.25) is 9.69 Å². The van der Waals surface area contributed by atoms with Crippen molar-refractivity contribution in [1.29, 1.82) is 0 Å². The fourth-order valence-corrected chi connectivity index (χ4v) is 2.47. The smallest absolute Gasteiger partial charge is 0.320 e. The molecule has 2 atom stereocenters. The van der Waals surface area contributed by atoms with Crippen LogP contribution < -0.4 is 0 Å². The van der Waals surface area contributed by atoms with Crippen molar-refractivity contribution in [3.05, 3.63) is 0 Å². The molecule has 1 saturated heterocycles. The van der Waals surface area contributed by atoms with E-state index in [2.05, 4.69) is 18.7 Å². The number of hydrogen-bond acceptors (Lipinski definition) is 2. The molecule has 1 aliphatic heterocycles. The number of likely N-dealkylation sites (tertiary alicyclic amines) is 1. The van der Waals surface area contributed by atoms with Gasteiger partial charge in [-0.25, -0.2) is 0 Å². The van der Waals surface area contributed by atoms with Gasteiger partial charge in [0.25, 0.3) is 0 Å². The topological polar surface area (TPSA) is 40.5 Å². The lowest BCUT2D eigenvalue weighted by molar-refractivity contribution is -0.144. The van der Waals surface area contributed by atoms with Crippen molar-refractivity contribution < 1.29 is 9.90 Å². The summed E-state index contributed by atoms with van der Waals surface area (Å²) in [5.74, 6) is -0.0200. The number of carboxylic acids is 1.